The number of aliphatic carboxylic acids is 1. The Morgan fingerprint density at radius 1 is 1.24 bits per heavy atom. The number of carboxylic acids is 1. The first-order valence-electron chi connectivity index (χ1n) is 8.16. The lowest BCUT2D eigenvalue weighted by Gasteiger charge is -2.44. The number of likely N-dealkylation sites (tertiary alicyclic amines) is 2. The molecule has 5 heteroatoms. The molecule has 0 aromatic rings. The van der Waals surface area contributed by atoms with E-state index in [0.29, 0.717) is 12.0 Å². The number of amides is 2. The van der Waals surface area contributed by atoms with Crippen LogP contribution in [-0.2, 0) is 4.79 Å². The molecular weight excluding hydrogens is 268 g/mol. The molecule has 2 fully saturated rings. The first-order valence-corrected chi connectivity index (χ1v) is 8.16. The number of rotatable bonds is 2. The zero-order valence-electron chi connectivity index (χ0n) is 13.5. The lowest BCUT2D eigenvalue weighted by molar-refractivity contribution is -0.145. The molecule has 2 rings (SSSR count). The second-order valence-electron chi connectivity index (χ2n) is 7.03. The summed E-state index contributed by atoms with van der Waals surface area (Å²) in [5.41, 5.74) is 0.332. The van der Waals surface area contributed by atoms with E-state index in [1.54, 1.807) is 4.90 Å². The summed E-state index contributed by atoms with van der Waals surface area (Å²) in [4.78, 5) is 27.6. The highest BCUT2D eigenvalue weighted by atomic mass is 16.4. The number of carbonyl (C=O) groups excluding carboxylic acids is 1. The van der Waals surface area contributed by atoms with Gasteiger partial charge >= 0.3 is 12.0 Å². The van der Waals surface area contributed by atoms with E-state index >= 15 is 0 Å². The molecule has 2 atom stereocenters. The highest BCUT2D eigenvalue weighted by Crippen LogP contribution is 2.35. The monoisotopic (exact) mass is 296 g/mol. The smallest absolute Gasteiger partial charge is 0.326 e. The minimum Gasteiger partial charge on any atom is -0.480 e. The second-order valence-corrected chi connectivity index (χ2v) is 7.03. The summed E-state index contributed by atoms with van der Waals surface area (Å²) in [6.07, 6.45) is 4.94. The second kappa shape index (κ2) is 6.24. The van der Waals surface area contributed by atoms with Crippen molar-refractivity contribution < 1.29 is 14.7 Å². The summed E-state index contributed by atoms with van der Waals surface area (Å²) in [5.74, 6) is -0.836. The van der Waals surface area contributed by atoms with Crippen molar-refractivity contribution in [2.45, 2.75) is 58.9 Å². The molecule has 120 valence electrons. The minimum absolute atomic E-state index is 0.0332. The molecule has 2 amide bonds. The number of piperidine rings is 2. The molecule has 2 saturated heterocycles. The molecule has 5 nitrogen and oxygen atoms in total. The molecule has 0 spiro atoms. The largest absolute Gasteiger partial charge is 0.480 e. The summed E-state index contributed by atoms with van der Waals surface area (Å²) in [6, 6.07) is -0.738. The summed E-state index contributed by atoms with van der Waals surface area (Å²) in [7, 11) is 0. The first kappa shape index (κ1) is 16.1. The standard InChI is InChI=1S/C16H28N2O3/c1-4-16(3)7-10-17(11-8-16)15(21)18-9-5-6-12(2)13(18)14(19)20/h12-13H,4-11H2,1-3H3,(H,19,20). The fraction of sp³-hybridized carbons (Fsp3) is 0.875. The maximum Gasteiger partial charge on any atom is 0.326 e. The number of nitrogens with zero attached hydrogens (tertiary/aromatic N) is 2. The van der Waals surface area contributed by atoms with E-state index in [1.165, 1.54) is 0 Å². The molecule has 0 aromatic heterocycles. The van der Waals surface area contributed by atoms with Crippen LogP contribution in [0.15, 0.2) is 0 Å². The number of carboxylic acid groups (broad SMARTS) is 1. The highest BCUT2D eigenvalue weighted by Gasteiger charge is 2.40. The van der Waals surface area contributed by atoms with Gasteiger partial charge in [-0.15, -0.1) is 0 Å². The molecule has 21 heavy (non-hydrogen) atoms. The van der Waals surface area contributed by atoms with E-state index < -0.39 is 12.0 Å². The van der Waals surface area contributed by atoms with Gasteiger partial charge in [0.05, 0.1) is 0 Å². The van der Waals surface area contributed by atoms with Crippen LogP contribution in [0.1, 0.15) is 52.9 Å². The molecule has 1 N–H and O–H groups in total. The lowest BCUT2D eigenvalue weighted by Crippen LogP contribution is -2.57. The van der Waals surface area contributed by atoms with Crippen molar-refractivity contribution in [1.29, 1.82) is 0 Å². The van der Waals surface area contributed by atoms with Crippen LogP contribution < -0.4 is 0 Å². The molecule has 0 radical (unpaired) electrons. The van der Waals surface area contributed by atoms with Gasteiger partial charge in [-0.2, -0.15) is 0 Å². The quantitative estimate of drug-likeness (QED) is 0.852. The average Bonchev–Trinajstić information content (AvgIpc) is 2.46. The Kier molecular flexibility index (Phi) is 4.79. The first-order chi connectivity index (χ1) is 9.88. The van der Waals surface area contributed by atoms with Crippen LogP contribution in [0.2, 0.25) is 0 Å². The molecular formula is C16H28N2O3. The predicted octanol–water partition coefficient (Wildman–Crippen LogP) is 2.80. The van der Waals surface area contributed by atoms with Gasteiger partial charge in [-0.05, 0) is 37.0 Å². The van der Waals surface area contributed by atoms with Gasteiger partial charge in [0.1, 0.15) is 6.04 Å². The van der Waals surface area contributed by atoms with Crippen LogP contribution in [0.3, 0.4) is 0 Å². The Labute approximate surface area is 127 Å². The normalized spacial score (nSPS) is 29.3. The van der Waals surface area contributed by atoms with Crippen LogP contribution in [0.5, 0.6) is 0 Å². The van der Waals surface area contributed by atoms with E-state index in [1.807, 2.05) is 11.8 Å². The van der Waals surface area contributed by atoms with Gasteiger partial charge in [-0.1, -0.05) is 27.2 Å². The van der Waals surface area contributed by atoms with E-state index in [4.69, 9.17) is 0 Å². The summed E-state index contributed by atoms with van der Waals surface area (Å²) in [6.45, 7) is 8.48. The van der Waals surface area contributed by atoms with Gasteiger partial charge in [0, 0.05) is 19.6 Å². The summed E-state index contributed by atoms with van der Waals surface area (Å²) >= 11 is 0. The fourth-order valence-corrected chi connectivity index (χ4v) is 3.55. The molecule has 0 aromatic carbocycles. The van der Waals surface area contributed by atoms with Crippen molar-refractivity contribution in [1.82, 2.24) is 9.80 Å². The molecule has 0 bridgehead atoms. The van der Waals surface area contributed by atoms with Crippen molar-refractivity contribution >= 4 is 12.0 Å². The van der Waals surface area contributed by atoms with Crippen molar-refractivity contribution in [2.75, 3.05) is 19.6 Å². The predicted molar refractivity (Wildman–Crippen MR) is 81.1 cm³/mol. The lowest BCUT2D eigenvalue weighted by atomic mass is 9.78. The van der Waals surface area contributed by atoms with Gasteiger partial charge in [0.15, 0.2) is 0 Å². The summed E-state index contributed by atoms with van der Waals surface area (Å²) < 4.78 is 0. The Morgan fingerprint density at radius 3 is 2.38 bits per heavy atom. The van der Waals surface area contributed by atoms with Gasteiger partial charge in [-0.25, -0.2) is 9.59 Å². The van der Waals surface area contributed by atoms with Gasteiger partial charge in [0.25, 0.3) is 0 Å². The zero-order valence-corrected chi connectivity index (χ0v) is 13.5. The number of carbonyl (C=O) groups is 2. The van der Waals surface area contributed by atoms with Gasteiger partial charge in [-0.3, -0.25) is 0 Å². The Hall–Kier alpha value is -1.26. The average molecular weight is 296 g/mol. The number of hydrogen-bond donors (Lipinski definition) is 1. The topological polar surface area (TPSA) is 60.9 Å². The van der Waals surface area contributed by atoms with Gasteiger partial charge in [0.2, 0.25) is 0 Å². The van der Waals surface area contributed by atoms with Crippen molar-refractivity contribution in [3.8, 4) is 0 Å². The van der Waals surface area contributed by atoms with Crippen LogP contribution >= 0.6 is 0 Å². The molecule has 0 aliphatic carbocycles. The SMILES string of the molecule is CCC1(C)CCN(C(=O)N2CCCC(C)C2C(=O)O)CC1. The molecule has 2 unspecified atom stereocenters. The van der Waals surface area contributed by atoms with E-state index in [0.717, 1.165) is 45.2 Å². The maximum atomic E-state index is 12.7. The van der Waals surface area contributed by atoms with Crippen molar-refractivity contribution in [2.24, 2.45) is 11.3 Å². The van der Waals surface area contributed by atoms with Gasteiger partial charge < -0.3 is 14.9 Å². The molecule has 2 aliphatic heterocycles. The minimum atomic E-state index is -0.869. The number of urea groups is 1. The third-order valence-corrected chi connectivity index (χ3v) is 5.53. The molecule has 0 saturated carbocycles. The fourth-order valence-electron chi connectivity index (χ4n) is 3.55. The Morgan fingerprint density at radius 2 is 1.86 bits per heavy atom. The maximum absolute atomic E-state index is 12.7. The van der Waals surface area contributed by atoms with Crippen molar-refractivity contribution in [3.05, 3.63) is 0 Å². The highest BCUT2D eigenvalue weighted by molar-refractivity contribution is 5.83. The van der Waals surface area contributed by atoms with Crippen LogP contribution in [0.4, 0.5) is 4.79 Å². The van der Waals surface area contributed by atoms with Crippen LogP contribution in [0.25, 0.3) is 0 Å². The zero-order chi connectivity index (χ0) is 15.6. The van der Waals surface area contributed by atoms with E-state index in [-0.39, 0.29) is 11.9 Å². The van der Waals surface area contributed by atoms with Crippen LogP contribution in [-0.4, -0.2) is 52.6 Å². The molecule has 2 heterocycles. The third kappa shape index (κ3) is 3.33. The Bertz CT molecular complexity index is 402. The van der Waals surface area contributed by atoms with Crippen LogP contribution in [0, 0.1) is 11.3 Å². The van der Waals surface area contributed by atoms with E-state index in [2.05, 4.69) is 13.8 Å². The number of hydrogen-bond acceptors (Lipinski definition) is 2. The Balaban J connectivity index is 2.04. The molecule has 2 aliphatic rings. The summed E-state index contributed by atoms with van der Waals surface area (Å²) in [5, 5.41) is 9.44. The van der Waals surface area contributed by atoms with E-state index in [9.17, 15) is 14.7 Å². The van der Waals surface area contributed by atoms with Crippen molar-refractivity contribution in [3.63, 3.8) is 0 Å². The third-order valence-electron chi connectivity index (χ3n) is 5.53.